The highest BCUT2D eigenvalue weighted by Crippen LogP contribution is 2.29. The van der Waals surface area contributed by atoms with E-state index in [4.69, 9.17) is 8.83 Å². The molecule has 0 aliphatic heterocycles. The lowest BCUT2D eigenvalue weighted by Gasteiger charge is -2.08. The van der Waals surface area contributed by atoms with Crippen LogP contribution in [0.5, 0.6) is 0 Å². The summed E-state index contributed by atoms with van der Waals surface area (Å²) in [4.78, 5) is 12.0. The maximum absolute atomic E-state index is 12.0. The van der Waals surface area contributed by atoms with Crippen LogP contribution >= 0.6 is 11.8 Å². The van der Waals surface area contributed by atoms with E-state index in [1.54, 1.807) is 6.07 Å². The van der Waals surface area contributed by atoms with Crippen molar-refractivity contribution in [1.82, 2.24) is 10.2 Å². The van der Waals surface area contributed by atoms with Gasteiger partial charge in [0, 0.05) is 23.6 Å². The summed E-state index contributed by atoms with van der Waals surface area (Å²) in [6.45, 7) is 6.12. The summed E-state index contributed by atoms with van der Waals surface area (Å²) in [5.74, 6) is 1.47. The molecule has 0 amide bonds. The molecule has 0 saturated carbocycles. The first kappa shape index (κ1) is 19.5. The number of rotatable bonds is 6. The predicted molar refractivity (Wildman–Crippen MR) is 114 cm³/mol. The van der Waals surface area contributed by atoms with Gasteiger partial charge in [0.25, 0.3) is 5.22 Å². The van der Waals surface area contributed by atoms with Gasteiger partial charge in [-0.2, -0.15) is 0 Å². The Morgan fingerprint density at radius 1 is 1.03 bits per heavy atom. The van der Waals surface area contributed by atoms with Crippen molar-refractivity contribution >= 4 is 22.7 Å². The average molecular weight is 407 g/mol. The maximum atomic E-state index is 12.0. The molecule has 0 radical (unpaired) electrons. The summed E-state index contributed by atoms with van der Waals surface area (Å²) < 4.78 is 11.3. The second-order valence-electron chi connectivity index (χ2n) is 7.24. The van der Waals surface area contributed by atoms with Crippen LogP contribution in [0.2, 0.25) is 0 Å². The first-order chi connectivity index (χ1) is 14.0. The van der Waals surface area contributed by atoms with Gasteiger partial charge in [-0.25, -0.2) is 4.79 Å². The van der Waals surface area contributed by atoms with Crippen molar-refractivity contribution in [2.75, 3.05) is 0 Å². The third-order valence-electron chi connectivity index (χ3n) is 5.17. The summed E-state index contributed by atoms with van der Waals surface area (Å²) in [7, 11) is 0. The molecule has 0 N–H and O–H groups in total. The molecule has 0 aliphatic rings. The Labute approximate surface area is 173 Å². The van der Waals surface area contributed by atoms with Gasteiger partial charge in [0.2, 0.25) is 5.89 Å². The van der Waals surface area contributed by atoms with E-state index in [0.717, 1.165) is 22.1 Å². The Balaban J connectivity index is 1.49. The first-order valence-electron chi connectivity index (χ1n) is 9.54. The largest absolute Gasteiger partial charge is 0.422 e. The predicted octanol–water partition coefficient (Wildman–Crippen LogP) is 5.43. The lowest BCUT2D eigenvalue weighted by atomic mass is 9.98. The summed E-state index contributed by atoms with van der Waals surface area (Å²) in [5, 5.41) is 9.79. The van der Waals surface area contributed by atoms with Crippen molar-refractivity contribution in [3.05, 3.63) is 87.1 Å². The Morgan fingerprint density at radius 2 is 1.83 bits per heavy atom. The minimum Gasteiger partial charge on any atom is -0.422 e. The van der Waals surface area contributed by atoms with Gasteiger partial charge in [-0.3, -0.25) is 0 Å². The van der Waals surface area contributed by atoms with E-state index in [-0.39, 0.29) is 5.63 Å². The number of nitrogens with zero attached hydrogens (tertiary/aromatic N) is 2. The number of benzene rings is 2. The van der Waals surface area contributed by atoms with Crippen LogP contribution in [0.4, 0.5) is 0 Å². The number of fused-ring (bicyclic) bond motifs is 1. The van der Waals surface area contributed by atoms with Crippen molar-refractivity contribution in [3.8, 4) is 0 Å². The third kappa shape index (κ3) is 4.27. The Hall–Kier alpha value is -2.86. The van der Waals surface area contributed by atoms with Crippen molar-refractivity contribution in [2.45, 2.75) is 44.1 Å². The molecular formula is C23H22N2O3S. The van der Waals surface area contributed by atoms with Gasteiger partial charge in [0.15, 0.2) is 0 Å². The molecule has 0 aliphatic carbocycles. The second-order valence-corrected chi connectivity index (χ2v) is 8.17. The van der Waals surface area contributed by atoms with Crippen LogP contribution < -0.4 is 5.63 Å². The molecular weight excluding hydrogens is 384 g/mol. The van der Waals surface area contributed by atoms with Gasteiger partial charge in [-0.15, -0.1) is 10.2 Å². The number of thioether (sulfide) groups is 1. The topological polar surface area (TPSA) is 69.1 Å². The van der Waals surface area contributed by atoms with Crippen LogP contribution in [0.3, 0.4) is 0 Å². The van der Waals surface area contributed by atoms with Crippen molar-refractivity contribution in [3.63, 3.8) is 0 Å². The van der Waals surface area contributed by atoms with Crippen molar-refractivity contribution < 1.29 is 8.83 Å². The summed E-state index contributed by atoms with van der Waals surface area (Å²) >= 11 is 1.43. The van der Waals surface area contributed by atoms with Crippen LogP contribution in [-0.2, 0) is 12.2 Å². The molecule has 5 nitrogen and oxygen atoms in total. The van der Waals surface area contributed by atoms with Gasteiger partial charge in [-0.1, -0.05) is 61.2 Å². The fraction of sp³-hybridized carbons (Fsp3) is 0.261. The molecule has 0 bridgehead atoms. The van der Waals surface area contributed by atoms with Crippen LogP contribution in [0.25, 0.3) is 11.0 Å². The zero-order valence-electron chi connectivity index (χ0n) is 16.6. The molecule has 0 spiro atoms. The fourth-order valence-corrected chi connectivity index (χ4v) is 4.10. The van der Waals surface area contributed by atoms with Crippen LogP contribution in [0, 0.1) is 13.8 Å². The molecule has 148 valence electrons. The quantitative estimate of drug-likeness (QED) is 0.314. The number of hydrogen-bond donors (Lipinski definition) is 0. The average Bonchev–Trinajstić information content (AvgIpc) is 3.17. The molecule has 4 aromatic rings. The Morgan fingerprint density at radius 3 is 2.62 bits per heavy atom. The zero-order valence-corrected chi connectivity index (χ0v) is 17.5. The smallest absolute Gasteiger partial charge is 0.336 e. The Kier molecular flexibility index (Phi) is 5.53. The first-order valence-corrected chi connectivity index (χ1v) is 10.5. The van der Waals surface area contributed by atoms with Gasteiger partial charge in [-0.05, 0) is 42.0 Å². The van der Waals surface area contributed by atoms with Crippen LogP contribution in [0.1, 0.15) is 41.0 Å². The minimum atomic E-state index is -0.343. The molecule has 2 aromatic heterocycles. The van der Waals surface area contributed by atoms with Crippen LogP contribution in [0.15, 0.2) is 67.4 Å². The minimum absolute atomic E-state index is 0.295. The molecule has 2 aromatic carbocycles. The number of hydrogen-bond acceptors (Lipinski definition) is 6. The molecule has 4 rings (SSSR count). The summed E-state index contributed by atoms with van der Waals surface area (Å²) in [6, 6.07) is 15.9. The number of aromatic nitrogens is 2. The van der Waals surface area contributed by atoms with Gasteiger partial charge in [0.05, 0.1) is 0 Å². The molecule has 1 unspecified atom stereocenters. The Bertz CT molecular complexity index is 1200. The molecule has 1 atom stereocenters. The van der Waals surface area contributed by atoms with Crippen LogP contribution in [-0.4, -0.2) is 10.2 Å². The van der Waals surface area contributed by atoms with E-state index in [9.17, 15) is 4.79 Å². The second kappa shape index (κ2) is 8.25. The maximum Gasteiger partial charge on any atom is 0.336 e. The molecule has 0 fully saturated rings. The highest BCUT2D eigenvalue weighted by molar-refractivity contribution is 7.98. The van der Waals surface area contributed by atoms with E-state index in [1.807, 2.05) is 44.2 Å². The summed E-state index contributed by atoms with van der Waals surface area (Å²) in [5.41, 5.74) is 4.54. The molecule has 29 heavy (non-hydrogen) atoms. The van der Waals surface area contributed by atoms with Crippen molar-refractivity contribution in [2.24, 2.45) is 0 Å². The lowest BCUT2D eigenvalue weighted by molar-refractivity contribution is 0.404. The normalized spacial score (nSPS) is 12.4. The highest BCUT2D eigenvalue weighted by Gasteiger charge is 2.14. The van der Waals surface area contributed by atoms with Crippen molar-refractivity contribution in [1.29, 1.82) is 0 Å². The van der Waals surface area contributed by atoms with E-state index < -0.39 is 0 Å². The third-order valence-corrected chi connectivity index (χ3v) is 6.03. The highest BCUT2D eigenvalue weighted by atomic mass is 32.2. The van der Waals surface area contributed by atoms with Gasteiger partial charge < -0.3 is 8.83 Å². The SMILES string of the molecule is Cc1ccc2c(CSc3nnc(CC(C)c4ccccc4)o3)cc(=O)oc2c1C. The fourth-order valence-electron chi connectivity index (χ4n) is 3.32. The molecule has 6 heteroatoms. The molecule has 0 saturated heterocycles. The van der Waals surface area contributed by atoms with E-state index >= 15 is 0 Å². The number of aryl methyl sites for hydroxylation is 2. The molecule has 2 heterocycles. The van der Waals surface area contributed by atoms with E-state index in [0.29, 0.717) is 34.8 Å². The van der Waals surface area contributed by atoms with Gasteiger partial charge >= 0.3 is 5.63 Å². The lowest BCUT2D eigenvalue weighted by Crippen LogP contribution is -2.01. The van der Waals surface area contributed by atoms with E-state index in [1.165, 1.54) is 17.3 Å². The zero-order chi connectivity index (χ0) is 20.4. The monoisotopic (exact) mass is 406 g/mol. The summed E-state index contributed by atoms with van der Waals surface area (Å²) in [6.07, 6.45) is 0.688. The van der Waals surface area contributed by atoms with Gasteiger partial charge in [0.1, 0.15) is 5.58 Å². The standard InChI is InChI=1S/C23H22N2O3S/c1-14-9-10-19-18(12-21(26)28-22(19)16(14)3)13-29-23-25-24-20(27-23)11-15(2)17-7-5-4-6-8-17/h4-10,12,15H,11,13H2,1-3H3. The van der Waals surface area contributed by atoms with E-state index in [2.05, 4.69) is 29.3 Å².